The van der Waals surface area contributed by atoms with Crippen molar-refractivity contribution in [1.29, 1.82) is 0 Å². The summed E-state index contributed by atoms with van der Waals surface area (Å²) >= 11 is 13.5. The zero-order chi connectivity index (χ0) is 14.7. The highest BCUT2D eigenvalue weighted by Gasteiger charge is 2.31. The molecule has 108 valence electrons. The summed E-state index contributed by atoms with van der Waals surface area (Å²) in [6.45, 7) is 5.14. The molecule has 0 N–H and O–H groups in total. The number of amidine groups is 1. The third-order valence-electron chi connectivity index (χ3n) is 2.84. The van der Waals surface area contributed by atoms with E-state index in [1.807, 2.05) is 13.8 Å². The van der Waals surface area contributed by atoms with Gasteiger partial charge < -0.3 is 0 Å². The van der Waals surface area contributed by atoms with E-state index in [1.165, 1.54) is 0 Å². The van der Waals surface area contributed by atoms with E-state index in [0.29, 0.717) is 29.0 Å². The van der Waals surface area contributed by atoms with Gasteiger partial charge in [0.05, 0.1) is 15.9 Å². The number of anilines is 1. The topological polar surface area (TPSA) is 35.9 Å². The number of urea groups is 1. The number of benzene rings is 1. The molecule has 0 bridgehead atoms. The van der Waals surface area contributed by atoms with Crippen LogP contribution in [0.5, 0.6) is 0 Å². The first kappa shape index (κ1) is 15.5. The van der Waals surface area contributed by atoms with Crippen molar-refractivity contribution >= 4 is 51.8 Å². The van der Waals surface area contributed by atoms with Gasteiger partial charge in [-0.25, -0.2) is 4.79 Å². The highest BCUT2D eigenvalue weighted by Crippen LogP contribution is 2.31. The first-order chi connectivity index (χ1) is 9.58. The van der Waals surface area contributed by atoms with E-state index in [-0.39, 0.29) is 6.03 Å². The molecule has 1 aromatic carbocycles. The molecule has 0 radical (unpaired) electrons. The van der Waals surface area contributed by atoms with Crippen LogP contribution in [0.4, 0.5) is 10.5 Å². The van der Waals surface area contributed by atoms with Gasteiger partial charge in [0.15, 0.2) is 5.17 Å². The Morgan fingerprint density at radius 1 is 1.30 bits per heavy atom. The van der Waals surface area contributed by atoms with Crippen molar-refractivity contribution in [3.63, 3.8) is 0 Å². The van der Waals surface area contributed by atoms with Gasteiger partial charge in [-0.2, -0.15) is 0 Å². The summed E-state index contributed by atoms with van der Waals surface area (Å²) in [5.41, 5.74) is 0.742. The van der Waals surface area contributed by atoms with Crippen molar-refractivity contribution in [2.24, 2.45) is 4.99 Å². The molecule has 0 aliphatic carbocycles. The van der Waals surface area contributed by atoms with Crippen molar-refractivity contribution < 1.29 is 4.79 Å². The molecule has 0 spiro atoms. The Bertz CT molecular complexity index is 550. The zero-order valence-electron chi connectivity index (χ0n) is 11.3. The maximum absolute atomic E-state index is 12.5. The second kappa shape index (κ2) is 6.70. The van der Waals surface area contributed by atoms with Crippen LogP contribution >= 0.6 is 35.0 Å². The summed E-state index contributed by atoms with van der Waals surface area (Å²) in [4.78, 5) is 20.2. The van der Waals surface area contributed by atoms with E-state index in [4.69, 9.17) is 23.2 Å². The molecule has 1 aliphatic heterocycles. The highest BCUT2D eigenvalue weighted by atomic mass is 35.5. The summed E-state index contributed by atoms with van der Waals surface area (Å²) in [6.07, 6.45) is 0. The third-order valence-corrected chi connectivity index (χ3v) is 4.57. The number of aliphatic imine (C=N–C) groups is 1. The molecule has 1 aliphatic rings. The van der Waals surface area contributed by atoms with Crippen LogP contribution in [0.1, 0.15) is 13.8 Å². The molecule has 0 atom stereocenters. The summed E-state index contributed by atoms with van der Waals surface area (Å²) in [5.74, 6) is 0.520. The molecule has 7 heteroatoms. The number of carbonyl (C=O) groups excluding carboxylic acids is 1. The summed E-state index contributed by atoms with van der Waals surface area (Å²) in [5, 5.41) is 1.70. The van der Waals surface area contributed by atoms with Crippen LogP contribution in [0, 0.1) is 0 Å². The molecule has 2 rings (SSSR count). The minimum absolute atomic E-state index is 0.0863. The minimum Gasteiger partial charge on any atom is -0.284 e. The number of rotatable bonds is 3. The number of hydrogen-bond donors (Lipinski definition) is 0. The summed E-state index contributed by atoms with van der Waals surface area (Å²) in [6, 6.07) is 5.11. The van der Waals surface area contributed by atoms with Gasteiger partial charge in [0.2, 0.25) is 0 Å². The molecule has 1 saturated heterocycles. The average Bonchev–Trinajstić information content (AvgIpc) is 2.43. The molecule has 4 nitrogen and oxygen atoms in total. The van der Waals surface area contributed by atoms with E-state index in [1.54, 1.807) is 39.8 Å². The molecule has 1 heterocycles. The highest BCUT2D eigenvalue weighted by molar-refractivity contribution is 8.14. The molecular formula is C13H15Cl2N3OS. The van der Waals surface area contributed by atoms with Crippen molar-refractivity contribution in [1.82, 2.24) is 4.90 Å². The molecule has 20 heavy (non-hydrogen) atoms. The third kappa shape index (κ3) is 3.05. The Morgan fingerprint density at radius 3 is 2.65 bits per heavy atom. The van der Waals surface area contributed by atoms with Crippen LogP contribution in [-0.4, -0.2) is 35.1 Å². The van der Waals surface area contributed by atoms with Gasteiger partial charge >= 0.3 is 6.03 Å². The quantitative estimate of drug-likeness (QED) is 0.826. The number of thioether (sulfide) groups is 1. The van der Waals surface area contributed by atoms with Crippen LogP contribution in [0.15, 0.2) is 23.2 Å². The maximum atomic E-state index is 12.5. The zero-order valence-corrected chi connectivity index (χ0v) is 13.6. The fourth-order valence-corrected chi connectivity index (χ4v) is 3.24. The fraction of sp³-hybridized carbons (Fsp3) is 0.385. The van der Waals surface area contributed by atoms with Gasteiger partial charge in [-0.15, -0.1) is 0 Å². The van der Waals surface area contributed by atoms with Gasteiger partial charge in [0.25, 0.3) is 0 Å². The van der Waals surface area contributed by atoms with Gasteiger partial charge in [0.1, 0.15) is 0 Å². The van der Waals surface area contributed by atoms with Crippen LogP contribution in [0.25, 0.3) is 0 Å². The monoisotopic (exact) mass is 331 g/mol. The number of halogens is 2. The number of hydrogen-bond acceptors (Lipinski definition) is 3. The van der Waals surface area contributed by atoms with Crippen molar-refractivity contribution in [2.75, 3.05) is 23.9 Å². The Morgan fingerprint density at radius 2 is 2.05 bits per heavy atom. The first-order valence-corrected chi connectivity index (χ1v) is 8.04. The lowest BCUT2D eigenvalue weighted by Crippen LogP contribution is -2.50. The molecule has 2 amide bonds. The molecule has 0 saturated carbocycles. The van der Waals surface area contributed by atoms with Crippen LogP contribution in [0.3, 0.4) is 0 Å². The van der Waals surface area contributed by atoms with Crippen LogP contribution in [-0.2, 0) is 0 Å². The lowest BCUT2D eigenvalue weighted by molar-refractivity contribution is 0.229. The van der Waals surface area contributed by atoms with Crippen molar-refractivity contribution in [2.45, 2.75) is 13.8 Å². The summed E-state index contributed by atoms with van der Waals surface area (Å²) in [7, 11) is 0. The van der Waals surface area contributed by atoms with E-state index >= 15 is 0 Å². The van der Waals surface area contributed by atoms with E-state index < -0.39 is 0 Å². The maximum Gasteiger partial charge on any atom is 0.331 e. The van der Waals surface area contributed by atoms with Gasteiger partial charge in [0, 0.05) is 18.8 Å². The number of amides is 2. The number of carbonyl (C=O) groups is 1. The predicted octanol–water partition coefficient (Wildman–Crippen LogP) is 4.32. The minimum atomic E-state index is -0.0863. The SMILES string of the molecule is CC/N=C1\SCN(c2ccc(Cl)c(Cl)c2)C(=O)N1CC. The standard InChI is InChI=1S/C13H15Cl2N3OS/c1-3-16-12-17(4-2)13(19)18(8-20-12)9-5-6-10(14)11(15)7-9/h5-7H,3-4,8H2,1-2H3/b16-12-. The average molecular weight is 332 g/mol. The van der Waals surface area contributed by atoms with Crippen molar-refractivity contribution in [3.8, 4) is 0 Å². The second-order valence-corrected chi connectivity index (χ2v) is 5.81. The number of nitrogens with zero attached hydrogens (tertiary/aromatic N) is 3. The normalized spacial score (nSPS) is 18.0. The summed E-state index contributed by atoms with van der Waals surface area (Å²) < 4.78 is 0. The van der Waals surface area contributed by atoms with Crippen molar-refractivity contribution in [3.05, 3.63) is 28.2 Å². The Kier molecular flexibility index (Phi) is 5.18. The van der Waals surface area contributed by atoms with Crippen LogP contribution < -0.4 is 4.90 Å². The molecule has 0 unspecified atom stereocenters. The Balaban J connectivity index is 2.28. The largest absolute Gasteiger partial charge is 0.331 e. The molecular weight excluding hydrogens is 317 g/mol. The Labute approximate surface area is 132 Å². The van der Waals surface area contributed by atoms with Crippen LogP contribution in [0.2, 0.25) is 10.0 Å². The Hall–Kier alpha value is -0.910. The van der Waals surface area contributed by atoms with E-state index in [0.717, 1.165) is 10.9 Å². The lowest BCUT2D eigenvalue weighted by atomic mass is 10.3. The van der Waals surface area contributed by atoms with E-state index in [9.17, 15) is 4.79 Å². The predicted molar refractivity (Wildman–Crippen MR) is 87.2 cm³/mol. The molecule has 1 aromatic rings. The second-order valence-electron chi connectivity index (χ2n) is 4.08. The lowest BCUT2D eigenvalue weighted by Gasteiger charge is -2.35. The fourth-order valence-electron chi connectivity index (χ4n) is 1.86. The first-order valence-electron chi connectivity index (χ1n) is 6.29. The van der Waals surface area contributed by atoms with Gasteiger partial charge in [-0.05, 0) is 32.0 Å². The smallest absolute Gasteiger partial charge is 0.284 e. The molecule has 1 fully saturated rings. The molecule has 0 aromatic heterocycles. The van der Waals surface area contributed by atoms with Gasteiger partial charge in [-0.3, -0.25) is 14.8 Å². The van der Waals surface area contributed by atoms with Gasteiger partial charge in [-0.1, -0.05) is 35.0 Å². The van der Waals surface area contributed by atoms with E-state index in [2.05, 4.69) is 4.99 Å².